The van der Waals surface area contributed by atoms with Gasteiger partial charge in [0, 0.05) is 18.1 Å². The van der Waals surface area contributed by atoms with Crippen molar-refractivity contribution in [3.8, 4) is 28.4 Å². The molecule has 0 aliphatic carbocycles. The van der Waals surface area contributed by atoms with Crippen LogP contribution in [-0.4, -0.2) is 21.1 Å². The molecular formula is C24H16F3N3O3. The van der Waals surface area contributed by atoms with Crippen LogP contribution in [0.5, 0.6) is 11.6 Å². The minimum Gasteiger partial charge on any atom is -0.467 e. The summed E-state index contributed by atoms with van der Waals surface area (Å²) in [6.45, 7) is 0.164. The van der Waals surface area contributed by atoms with Crippen molar-refractivity contribution in [3.63, 3.8) is 0 Å². The third-order valence-electron chi connectivity index (χ3n) is 4.95. The minimum atomic E-state index is -4.73. The summed E-state index contributed by atoms with van der Waals surface area (Å²) in [4.78, 5) is 4.36. The number of fused-ring (bicyclic) bond motifs is 1. The Kier molecular flexibility index (Phi) is 5.21. The zero-order valence-electron chi connectivity index (χ0n) is 17.0. The number of alkyl halides is 3. The first kappa shape index (κ1) is 20.6. The highest BCUT2D eigenvalue weighted by atomic mass is 19.4. The Labute approximate surface area is 185 Å². The zero-order valence-corrected chi connectivity index (χ0v) is 17.0. The molecule has 0 saturated carbocycles. The fourth-order valence-electron chi connectivity index (χ4n) is 3.45. The van der Waals surface area contributed by atoms with Crippen molar-refractivity contribution in [1.29, 1.82) is 0 Å². The smallest absolute Gasteiger partial charge is 0.467 e. The highest BCUT2D eigenvalue weighted by molar-refractivity contribution is 5.87. The van der Waals surface area contributed by atoms with Crippen LogP contribution in [0.4, 0.5) is 13.2 Å². The van der Waals surface area contributed by atoms with Crippen LogP contribution in [-0.2, 0) is 6.61 Å². The maximum Gasteiger partial charge on any atom is 0.573 e. The number of halogens is 3. The SMILES string of the molecule is FC(F)(F)Oc1ccc(-c2ccc3onc(OCc4nccn4-c4ccccc4)c3c2)cc1. The van der Waals surface area contributed by atoms with Crippen molar-refractivity contribution in [1.82, 2.24) is 14.7 Å². The molecule has 9 heteroatoms. The van der Waals surface area contributed by atoms with Gasteiger partial charge < -0.3 is 18.6 Å². The van der Waals surface area contributed by atoms with E-state index in [2.05, 4.69) is 14.9 Å². The molecule has 3 aromatic carbocycles. The molecule has 2 heterocycles. The monoisotopic (exact) mass is 451 g/mol. The molecule has 0 atom stereocenters. The first-order valence-electron chi connectivity index (χ1n) is 9.92. The standard InChI is InChI=1S/C24H16F3N3O3/c25-24(26,27)32-19-9-6-16(7-10-19)17-8-11-21-20(14-17)23(29-33-21)31-15-22-28-12-13-30(22)18-4-2-1-3-5-18/h1-14H,15H2. The van der Waals surface area contributed by atoms with Crippen LogP contribution in [0.1, 0.15) is 5.82 Å². The molecule has 0 unspecified atom stereocenters. The number of ether oxygens (including phenoxy) is 2. The van der Waals surface area contributed by atoms with Gasteiger partial charge in [-0.2, -0.15) is 0 Å². The third kappa shape index (κ3) is 4.52. The van der Waals surface area contributed by atoms with Crippen LogP contribution < -0.4 is 9.47 Å². The van der Waals surface area contributed by atoms with E-state index in [-0.39, 0.29) is 12.4 Å². The molecule has 0 saturated heterocycles. The van der Waals surface area contributed by atoms with Crippen LogP contribution >= 0.6 is 0 Å². The molecule has 2 aromatic heterocycles. The second-order valence-electron chi connectivity index (χ2n) is 7.11. The van der Waals surface area contributed by atoms with Crippen molar-refractivity contribution >= 4 is 11.0 Å². The molecule has 5 rings (SSSR count). The van der Waals surface area contributed by atoms with E-state index in [1.807, 2.05) is 47.2 Å². The second-order valence-corrected chi connectivity index (χ2v) is 7.11. The summed E-state index contributed by atoms with van der Waals surface area (Å²) in [5.41, 5.74) is 2.95. The summed E-state index contributed by atoms with van der Waals surface area (Å²) in [5.74, 6) is 0.704. The van der Waals surface area contributed by atoms with Gasteiger partial charge in [0.15, 0.2) is 11.4 Å². The minimum absolute atomic E-state index is 0.164. The van der Waals surface area contributed by atoms with E-state index in [0.717, 1.165) is 11.3 Å². The Morgan fingerprint density at radius 3 is 2.42 bits per heavy atom. The lowest BCUT2D eigenvalue weighted by atomic mass is 10.0. The van der Waals surface area contributed by atoms with Crippen LogP contribution in [0, 0.1) is 0 Å². The molecule has 0 bridgehead atoms. The predicted octanol–water partition coefficient (Wildman–Crippen LogP) is 6.16. The summed E-state index contributed by atoms with van der Waals surface area (Å²) < 4.78 is 54.2. The largest absolute Gasteiger partial charge is 0.573 e. The van der Waals surface area contributed by atoms with Gasteiger partial charge in [0.25, 0.3) is 5.88 Å². The molecule has 5 aromatic rings. The number of hydrogen-bond acceptors (Lipinski definition) is 5. The van der Waals surface area contributed by atoms with E-state index >= 15 is 0 Å². The molecule has 6 nitrogen and oxygen atoms in total. The lowest BCUT2D eigenvalue weighted by Crippen LogP contribution is -2.16. The number of imidazole rings is 1. The number of nitrogens with zero attached hydrogens (tertiary/aromatic N) is 3. The molecule has 166 valence electrons. The molecule has 0 fully saturated rings. The van der Waals surface area contributed by atoms with Crippen molar-refractivity contribution in [2.24, 2.45) is 0 Å². The number of para-hydroxylation sites is 1. The molecule has 0 aliphatic heterocycles. The third-order valence-corrected chi connectivity index (χ3v) is 4.95. The zero-order chi connectivity index (χ0) is 22.8. The van der Waals surface area contributed by atoms with E-state index in [1.165, 1.54) is 12.1 Å². The molecule has 0 radical (unpaired) electrons. The number of aromatic nitrogens is 3. The topological polar surface area (TPSA) is 62.3 Å². The van der Waals surface area contributed by atoms with Crippen LogP contribution in [0.3, 0.4) is 0 Å². The van der Waals surface area contributed by atoms with Gasteiger partial charge in [-0.1, -0.05) is 36.4 Å². The average molecular weight is 451 g/mol. The maximum atomic E-state index is 12.4. The average Bonchev–Trinajstić information content (AvgIpc) is 3.44. The van der Waals surface area contributed by atoms with Crippen LogP contribution in [0.15, 0.2) is 89.7 Å². The van der Waals surface area contributed by atoms with Crippen molar-refractivity contribution in [3.05, 3.63) is 91.0 Å². The summed E-state index contributed by atoms with van der Waals surface area (Å²) in [6.07, 6.45) is -1.19. The van der Waals surface area contributed by atoms with Crippen molar-refractivity contribution in [2.45, 2.75) is 13.0 Å². The summed E-state index contributed by atoms with van der Waals surface area (Å²) in [7, 11) is 0. The van der Waals surface area contributed by atoms with Gasteiger partial charge in [-0.3, -0.25) is 0 Å². The number of benzene rings is 3. The predicted molar refractivity (Wildman–Crippen MR) is 114 cm³/mol. The lowest BCUT2D eigenvalue weighted by Gasteiger charge is -2.09. The van der Waals surface area contributed by atoms with Gasteiger partial charge in [-0.25, -0.2) is 4.98 Å². The molecule has 0 N–H and O–H groups in total. The van der Waals surface area contributed by atoms with Gasteiger partial charge >= 0.3 is 6.36 Å². The second kappa shape index (κ2) is 8.34. The molecule has 33 heavy (non-hydrogen) atoms. The Morgan fingerprint density at radius 1 is 0.909 bits per heavy atom. The lowest BCUT2D eigenvalue weighted by molar-refractivity contribution is -0.274. The van der Waals surface area contributed by atoms with E-state index in [4.69, 9.17) is 9.26 Å². The quantitative estimate of drug-likeness (QED) is 0.310. The van der Waals surface area contributed by atoms with E-state index in [9.17, 15) is 13.2 Å². The number of hydrogen-bond donors (Lipinski definition) is 0. The Morgan fingerprint density at radius 2 is 1.67 bits per heavy atom. The fraction of sp³-hybridized carbons (Fsp3) is 0.0833. The Bertz CT molecular complexity index is 1380. The summed E-state index contributed by atoms with van der Waals surface area (Å²) >= 11 is 0. The van der Waals surface area contributed by atoms with Gasteiger partial charge in [0.1, 0.15) is 12.4 Å². The molecular weight excluding hydrogens is 435 g/mol. The van der Waals surface area contributed by atoms with E-state index in [0.29, 0.717) is 28.2 Å². The van der Waals surface area contributed by atoms with Crippen molar-refractivity contribution < 1.29 is 27.2 Å². The van der Waals surface area contributed by atoms with E-state index in [1.54, 1.807) is 30.5 Å². The number of rotatable bonds is 6. The Hall–Kier alpha value is -4.27. The summed E-state index contributed by atoms with van der Waals surface area (Å²) in [5, 5.41) is 4.65. The molecule has 0 amide bonds. The summed E-state index contributed by atoms with van der Waals surface area (Å²) in [6, 6.07) is 20.7. The van der Waals surface area contributed by atoms with Crippen LogP contribution in [0.25, 0.3) is 27.8 Å². The highest BCUT2D eigenvalue weighted by Crippen LogP contribution is 2.32. The highest BCUT2D eigenvalue weighted by Gasteiger charge is 2.31. The van der Waals surface area contributed by atoms with Gasteiger partial charge in [-0.05, 0) is 52.7 Å². The molecule has 0 aliphatic rings. The van der Waals surface area contributed by atoms with Gasteiger partial charge in [0.05, 0.1) is 5.39 Å². The van der Waals surface area contributed by atoms with Crippen molar-refractivity contribution in [2.75, 3.05) is 0 Å². The first-order chi connectivity index (χ1) is 16.0. The van der Waals surface area contributed by atoms with E-state index < -0.39 is 6.36 Å². The normalized spacial score (nSPS) is 11.6. The fourth-order valence-corrected chi connectivity index (χ4v) is 3.45. The van der Waals surface area contributed by atoms with Gasteiger partial charge in [0.2, 0.25) is 0 Å². The Balaban J connectivity index is 1.37. The first-order valence-corrected chi connectivity index (χ1v) is 9.92. The van der Waals surface area contributed by atoms with Gasteiger partial charge in [-0.15, -0.1) is 13.2 Å². The van der Waals surface area contributed by atoms with Crippen LogP contribution in [0.2, 0.25) is 0 Å². The molecule has 0 spiro atoms. The maximum absolute atomic E-state index is 12.4.